The molecule has 28 heavy (non-hydrogen) atoms. The van der Waals surface area contributed by atoms with E-state index < -0.39 is 5.92 Å². The summed E-state index contributed by atoms with van der Waals surface area (Å²) in [5.41, 5.74) is 0.225. The van der Waals surface area contributed by atoms with Gasteiger partial charge < -0.3 is 24.8 Å². The highest BCUT2D eigenvalue weighted by Gasteiger charge is 2.34. The summed E-state index contributed by atoms with van der Waals surface area (Å²) in [4.78, 5) is 26.3. The molecule has 0 radical (unpaired) electrons. The third-order valence-electron chi connectivity index (χ3n) is 4.49. The van der Waals surface area contributed by atoms with Crippen LogP contribution in [-0.4, -0.2) is 48.6 Å². The number of aromatic hydroxyl groups is 1. The first-order chi connectivity index (χ1) is 13.5. The van der Waals surface area contributed by atoms with Crippen molar-refractivity contribution in [1.82, 2.24) is 4.90 Å². The van der Waals surface area contributed by atoms with Gasteiger partial charge in [-0.25, -0.2) is 0 Å². The number of ether oxygens (including phenoxy) is 2. The number of phenolic OH excluding ortho intramolecular Hbond substituents is 1. The van der Waals surface area contributed by atoms with E-state index in [1.165, 1.54) is 18.2 Å². The third kappa shape index (κ3) is 4.67. The fourth-order valence-corrected chi connectivity index (χ4v) is 3.18. The van der Waals surface area contributed by atoms with Crippen LogP contribution in [0.5, 0.6) is 17.2 Å². The summed E-state index contributed by atoms with van der Waals surface area (Å²) in [6, 6.07) is 11.7. The molecule has 1 unspecified atom stereocenters. The molecule has 3 rings (SSSR count). The molecule has 2 aromatic rings. The molecular weight excluding hydrogens is 384 g/mol. The number of nitrogens with zero attached hydrogens (tertiary/aromatic N) is 1. The van der Waals surface area contributed by atoms with E-state index in [-0.39, 0.29) is 36.3 Å². The van der Waals surface area contributed by atoms with Gasteiger partial charge in [-0.05, 0) is 30.3 Å². The maximum absolute atomic E-state index is 12.5. The molecule has 0 aliphatic carbocycles. The second kappa shape index (κ2) is 8.84. The van der Waals surface area contributed by atoms with Gasteiger partial charge in [0, 0.05) is 18.0 Å². The first-order valence-electron chi connectivity index (χ1n) is 8.81. The van der Waals surface area contributed by atoms with Gasteiger partial charge in [0.15, 0.2) is 11.5 Å². The maximum atomic E-state index is 12.5. The topological polar surface area (TPSA) is 88.1 Å². The summed E-state index contributed by atoms with van der Waals surface area (Å²) >= 11 is 5.89. The number of hydrogen-bond acceptors (Lipinski definition) is 5. The standard InChI is InChI=1S/C20H21ClN2O5/c1-27-17-4-2-3-5-18(17)28-9-8-23-12-13(10-19(23)25)20(26)22-15-11-14(21)6-7-16(15)24/h2-7,11,13,24H,8-10,12H2,1H3,(H,22,26). The molecule has 2 amide bonds. The molecule has 2 N–H and O–H groups in total. The number of hydrogen-bond donors (Lipinski definition) is 2. The average Bonchev–Trinajstić information content (AvgIpc) is 3.06. The van der Waals surface area contributed by atoms with Gasteiger partial charge in [0.1, 0.15) is 12.4 Å². The van der Waals surface area contributed by atoms with Crippen molar-refractivity contribution >= 4 is 29.1 Å². The second-order valence-electron chi connectivity index (χ2n) is 6.39. The Morgan fingerprint density at radius 1 is 1.29 bits per heavy atom. The average molecular weight is 405 g/mol. The Balaban J connectivity index is 1.53. The summed E-state index contributed by atoms with van der Waals surface area (Å²) in [5.74, 6) is 0.190. The summed E-state index contributed by atoms with van der Waals surface area (Å²) in [7, 11) is 1.56. The molecule has 0 aromatic heterocycles. The molecule has 2 aromatic carbocycles. The van der Waals surface area contributed by atoms with Gasteiger partial charge >= 0.3 is 0 Å². The Morgan fingerprint density at radius 2 is 2.04 bits per heavy atom. The zero-order valence-corrected chi connectivity index (χ0v) is 16.1. The number of benzene rings is 2. The van der Waals surface area contributed by atoms with E-state index in [1.807, 2.05) is 12.1 Å². The van der Waals surface area contributed by atoms with Crippen LogP contribution in [0.15, 0.2) is 42.5 Å². The molecule has 7 nitrogen and oxygen atoms in total. The largest absolute Gasteiger partial charge is 0.506 e. The van der Waals surface area contributed by atoms with Gasteiger partial charge in [-0.2, -0.15) is 0 Å². The van der Waals surface area contributed by atoms with Crippen LogP contribution in [0.2, 0.25) is 5.02 Å². The Morgan fingerprint density at radius 3 is 2.79 bits per heavy atom. The maximum Gasteiger partial charge on any atom is 0.229 e. The molecule has 1 fully saturated rings. The number of para-hydroxylation sites is 2. The SMILES string of the molecule is COc1ccccc1OCCN1CC(C(=O)Nc2cc(Cl)ccc2O)CC1=O. The lowest BCUT2D eigenvalue weighted by molar-refractivity contribution is -0.128. The quantitative estimate of drug-likeness (QED) is 0.693. The van der Waals surface area contributed by atoms with E-state index in [1.54, 1.807) is 24.1 Å². The van der Waals surface area contributed by atoms with Crippen LogP contribution in [0.25, 0.3) is 0 Å². The second-order valence-corrected chi connectivity index (χ2v) is 6.83. The van der Waals surface area contributed by atoms with Crippen molar-refractivity contribution in [2.45, 2.75) is 6.42 Å². The fraction of sp³-hybridized carbons (Fsp3) is 0.300. The van der Waals surface area contributed by atoms with Gasteiger partial charge in [-0.1, -0.05) is 23.7 Å². The number of carbonyl (C=O) groups excluding carboxylic acids is 2. The van der Waals surface area contributed by atoms with Crippen LogP contribution >= 0.6 is 11.6 Å². The fourth-order valence-electron chi connectivity index (χ4n) is 3.01. The van der Waals surface area contributed by atoms with Crippen LogP contribution in [0.4, 0.5) is 5.69 Å². The van der Waals surface area contributed by atoms with Crippen LogP contribution in [0, 0.1) is 5.92 Å². The third-order valence-corrected chi connectivity index (χ3v) is 4.72. The smallest absolute Gasteiger partial charge is 0.229 e. The highest BCUT2D eigenvalue weighted by molar-refractivity contribution is 6.31. The van der Waals surface area contributed by atoms with Crippen molar-refractivity contribution in [3.05, 3.63) is 47.5 Å². The number of rotatable bonds is 7. The number of methoxy groups -OCH3 is 1. The van der Waals surface area contributed by atoms with Crippen LogP contribution < -0.4 is 14.8 Å². The zero-order valence-electron chi connectivity index (χ0n) is 15.4. The van der Waals surface area contributed by atoms with E-state index in [2.05, 4.69) is 5.32 Å². The molecule has 1 aliphatic rings. The minimum Gasteiger partial charge on any atom is -0.506 e. The normalized spacial score (nSPS) is 16.1. The Bertz CT molecular complexity index is 873. The monoisotopic (exact) mass is 404 g/mol. The van der Waals surface area contributed by atoms with Crippen molar-refractivity contribution in [3.63, 3.8) is 0 Å². The Labute approximate surface area is 167 Å². The number of anilines is 1. The predicted molar refractivity (Wildman–Crippen MR) is 105 cm³/mol. The lowest BCUT2D eigenvalue weighted by Crippen LogP contribution is -2.31. The molecule has 0 bridgehead atoms. The molecule has 0 saturated carbocycles. The van der Waals surface area contributed by atoms with Crippen molar-refractivity contribution < 1.29 is 24.2 Å². The summed E-state index contributed by atoms with van der Waals surface area (Å²) < 4.78 is 10.9. The van der Waals surface area contributed by atoms with Crippen molar-refractivity contribution in [2.75, 3.05) is 32.1 Å². The van der Waals surface area contributed by atoms with Gasteiger partial charge in [0.2, 0.25) is 11.8 Å². The lowest BCUT2D eigenvalue weighted by atomic mass is 10.1. The van der Waals surface area contributed by atoms with E-state index >= 15 is 0 Å². The predicted octanol–water partition coefficient (Wildman–Crippen LogP) is 2.92. The molecule has 1 heterocycles. The van der Waals surface area contributed by atoms with E-state index in [9.17, 15) is 14.7 Å². The molecule has 8 heteroatoms. The van der Waals surface area contributed by atoms with E-state index in [0.717, 1.165) is 0 Å². The number of carbonyl (C=O) groups is 2. The van der Waals surface area contributed by atoms with Gasteiger partial charge in [0.05, 0.1) is 25.3 Å². The van der Waals surface area contributed by atoms with E-state index in [0.29, 0.717) is 29.6 Å². The molecule has 1 saturated heterocycles. The first-order valence-corrected chi connectivity index (χ1v) is 9.18. The Kier molecular flexibility index (Phi) is 6.26. The van der Waals surface area contributed by atoms with Gasteiger partial charge in [-0.3, -0.25) is 9.59 Å². The van der Waals surface area contributed by atoms with Gasteiger partial charge in [-0.15, -0.1) is 0 Å². The van der Waals surface area contributed by atoms with Crippen molar-refractivity contribution in [3.8, 4) is 17.2 Å². The first kappa shape index (κ1) is 19.8. The number of phenols is 1. The summed E-state index contributed by atoms with van der Waals surface area (Å²) in [6.45, 7) is 0.944. The number of amides is 2. The van der Waals surface area contributed by atoms with Crippen LogP contribution in [-0.2, 0) is 9.59 Å². The molecule has 1 atom stereocenters. The van der Waals surface area contributed by atoms with Crippen molar-refractivity contribution in [2.24, 2.45) is 5.92 Å². The molecular formula is C20H21ClN2O5. The zero-order chi connectivity index (χ0) is 20.1. The number of nitrogens with one attached hydrogen (secondary N) is 1. The van der Waals surface area contributed by atoms with E-state index in [4.69, 9.17) is 21.1 Å². The Hall–Kier alpha value is -2.93. The minimum absolute atomic E-state index is 0.0795. The number of halogens is 1. The molecule has 1 aliphatic heterocycles. The lowest BCUT2D eigenvalue weighted by Gasteiger charge is -2.18. The molecule has 148 valence electrons. The summed E-state index contributed by atoms with van der Waals surface area (Å²) in [6.07, 6.45) is 0.113. The minimum atomic E-state index is -0.503. The van der Waals surface area contributed by atoms with Gasteiger partial charge in [0.25, 0.3) is 0 Å². The van der Waals surface area contributed by atoms with Crippen LogP contribution in [0.3, 0.4) is 0 Å². The summed E-state index contributed by atoms with van der Waals surface area (Å²) in [5, 5.41) is 12.8. The van der Waals surface area contributed by atoms with Crippen molar-refractivity contribution in [1.29, 1.82) is 0 Å². The number of likely N-dealkylation sites (tertiary alicyclic amines) is 1. The highest BCUT2D eigenvalue weighted by Crippen LogP contribution is 2.29. The highest BCUT2D eigenvalue weighted by atomic mass is 35.5. The molecule has 0 spiro atoms. The van der Waals surface area contributed by atoms with Crippen LogP contribution in [0.1, 0.15) is 6.42 Å².